The molecule has 1 amide bonds. The van der Waals surface area contributed by atoms with Gasteiger partial charge in [-0.05, 0) is 41.3 Å². The Labute approximate surface area is 182 Å². The molecule has 154 valence electrons. The Hall–Kier alpha value is -2.85. The predicted octanol–water partition coefficient (Wildman–Crippen LogP) is 5.58. The minimum atomic E-state index is -0.273. The highest BCUT2D eigenvalue weighted by Crippen LogP contribution is 2.30. The standard InChI is InChI=1S/C25H25ClN2O2/c1-25(21-7-9-22(26)10-8-21)14-11-23(27-18-25)20-12-15-28(16-13-20)24(29)30-17-19-5-3-2-4-6-19/h2-12,14H,13,15-18H2,1H3. The van der Waals surface area contributed by atoms with Crippen LogP contribution in [0.4, 0.5) is 4.79 Å². The Morgan fingerprint density at radius 2 is 1.93 bits per heavy atom. The summed E-state index contributed by atoms with van der Waals surface area (Å²) < 4.78 is 5.44. The number of hydrogen-bond acceptors (Lipinski definition) is 3. The highest BCUT2D eigenvalue weighted by molar-refractivity contribution is 6.30. The molecule has 0 saturated heterocycles. The van der Waals surface area contributed by atoms with Crippen LogP contribution in [0.5, 0.6) is 0 Å². The number of benzene rings is 2. The van der Waals surface area contributed by atoms with Gasteiger partial charge in [-0.1, -0.05) is 73.1 Å². The molecule has 1 atom stereocenters. The number of hydrogen-bond donors (Lipinski definition) is 0. The molecular weight excluding hydrogens is 396 g/mol. The van der Waals surface area contributed by atoms with Crippen molar-refractivity contribution < 1.29 is 9.53 Å². The molecule has 0 fully saturated rings. The summed E-state index contributed by atoms with van der Waals surface area (Å²) in [6.45, 7) is 4.36. The molecule has 0 spiro atoms. The number of dihydropyridines is 1. The van der Waals surface area contributed by atoms with E-state index in [1.54, 1.807) is 4.90 Å². The van der Waals surface area contributed by atoms with Crippen molar-refractivity contribution >= 4 is 23.4 Å². The van der Waals surface area contributed by atoms with Crippen LogP contribution in [0.25, 0.3) is 0 Å². The third-order valence-electron chi connectivity index (χ3n) is 5.69. The predicted molar refractivity (Wildman–Crippen MR) is 121 cm³/mol. The van der Waals surface area contributed by atoms with Gasteiger partial charge >= 0.3 is 6.09 Å². The second-order valence-corrected chi connectivity index (χ2v) is 8.36. The summed E-state index contributed by atoms with van der Waals surface area (Å²) in [6, 6.07) is 17.7. The van der Waals surface area contributed by atoms with Gasteiger partial charge in [-0.15, -0.1) is 0 Å². The van der Waals surface area contributed by atoms with E-state index in [1.807, 2.05) is 42.5 Å². The average molecular weight is 421 g/mol. The van der Waals surface area contributed by atoms with Gasteiger partial charge in [-0.25, -0.2) is 4.79 Å². The van der Waals surface area contributed by atoms with Crippen LogP contribution >= 0.6 is 11.6 Å². The van der Waals surface area contributed by atoms with Gasteiger partial charge in [0.2, 0.25) is 0 Å². The smallest absolute Gasteiger partial charge is 0.410 e. The molecule has 0 saturated carbocycles. The third-order valence-corrected chi connectivity index (χ3v) is 5.94. The molecule has 1 unspecified atom stereocenters. The summed E-state index contributed by atoms with van der Waals surface area (Å²) in [7, 11) is 0. The van der Waals surface area contributed by atoms with Gasteiger partial charge in [-0.2, -0.15) is 0 Å². The number of ether oxygens (including phenoxy) is 1. The minimum Gasteiger partial charge on any atom is -0.445 e. The SMILES string of the molecule is CC1(c2ccc(Cl)cc2)C=CC(C2=CCN(C(=O)OCc3ccccc3)CC2)=NC1. The minimum absolute atomic E-state index is 0.128. The fourth-order valence-corrected chi connectivity index (χ4v) is 3.85. The van der Waals surface area contributed by atoms with Crippen molar-refractivity contribution in [1.29, 1.82) is 0 Å². The van der Waals surface area contributed by atoms with Gasteiger partial charge < -0.3 is 9.64 Å². The van der Waals surface area contributed by atoms with Gasteiger partial charge in [0.25, 0.3) is 0 Å². The van der Waals surface area contributed by atoms with E-state index in [2.05, 4.69) is 37.3 Å². The van der Waals surface area contributed by atoms with Crippen molar-refractivity contribution in [1.82, 2.24) is 4.90 Å². The van der Waals surface area contributed by atoms with Crippen LogP contribution < -0.4 is 0 Å². The summed E-state index contributed by atoms with van der Waals surface area (Å²) in [4.78, 5) is 18.9. The summed E-state index contributed by atoms with van der Waals surface area (Å²) in [5.41, 5.74) is 4.27. The van der Waals surface area contributed by atoms with Crippen LogP contribution in [0.15, 0.2) is 83.4 Å². The van der Waals surface area contributed by atoms with E-state index < -0.39 is 0 Å². The first kappa shape index (κ1) is 20.4. The quantitative estimate of drug-likeness (QED) is 0.648. The first-order chi connectivity index (χ1) is 14.5. The molecule has 2 aromatic carbocycles. The number of carbonyl (C=O) groups is 1. The van der Waals surface area contributed by atoms with E-state index in [1.165, 1.54) is 11.1 Å². The summed E-state index contributed by atoms with van der Waals surface area (Å²) in [6.07, 6.45) is 6.92. The Bertz CT molecular complexity index is 996. The van der Waals surface area contributed by atoms with E-state index in [9.17, 15) is 4.79 Å². The van der Waals surface area contributed by atoms with Gasteiger partial charge in [0.05, 0.1) is 12.3 Å². The highest BCUT2D eigenvalue weighted by atomic mass is 35.5. The Morgan fingerprint density at radius 3 is 2.57 bits per heavy atom. The number of halogens is 1. The van der Waals surface area contributed by atoms with Gasteiger partial charge in [0, 0.05) is 23.5 Å². The zero-order valence-electron chi connectivity index (χ0n) is 17.1. The molecule has 2 heterocycles. The molecule has 2 aromatic rings. The van der Waals surface area contributed by atoms with E-state index in [0.717, 1.165) is 22.7 Å². The number of amides is 1. The van der Waals surface area contributed by atoms with Crippen molar-refractivity contribution in [2.24, 2.45) is 4.99 Å². The van der Waals surface area contributed by atoms with Crippen molar-refractivity contribution in [3.8, 4) is 0 Å². The Kier molecular flexibility index (Phi) is 6.05. The van der Waals surface area contributed by atoms with Crippen LogP contribution in [0.3, 0.4) is 0 Å². The fourth-order valence-electron chi connectivity index (χ4n) is 3.72. The summed E-state index contributed by atoms with van der Waals surface area (Å²) in [5.74, 6) is 0. The number of nitrogens with zero attached hydrogens (tertiary/aromatic N) is 2. The largest absolute Gasteiger partial charge is 0.445 e. The third kappa shape index (κ3) is 4.65. The maximum atomic E-state index is 12.3. The second-order valence-electron chi connectivity index (χ2n) is 7.92. The van der Waals surface area contributed by atoms with Crippen molar-refractivity contribution in [3.05, 3.63) is 94.5 Å². The van der Waals surface area contributed by atoms with E-state index in [4.69, 9.17) is 21.3 Å². The van der Waals surface area contributed by atoms with E-state index in [0.29, 0.717) is 26.2 Å². The average Bonchev–Trinajstić information content (AvgIpc) is 2.79. The number of carbonyl (C=O) groups excluding carboxylic acids is 1. The first-order valence-corrected chi connectivity index (χ1v) is 10.6. The summed E-state index contributed by atoms with van der Waals surface area (Å²) in [5, 5.41) is 0.741. The Morgan fingerprint density at radius 1 is 1.17 bits per heavy atom. The lowest BCUT2D eigenvalue weighted by atomic mass is 9.80. The number of allylic oxidation sites excluding steroid dienone is 1. The number of rotatable bonds is 4. The maximum Gasteiger partial charge on any atom is 0.410 e. The zero-order chi connectivity index (χ0) is 21.0. The molecule has 5 heteroatoms. The molecule has 0 aromatic heterocycles. The van der Waals surface area contributed by atoms with Crippen molar-refractivity contribution in [3.63, 3.8) is 0 Å². The highest BCUT2D eigenvalue weighted by Gasteiger charge is 2.27. The first-order valence-electron chi connectivity index (χ1n) is 10.2. The van der Waals surface area contributed by atoms with Crippen molar-refractivity contribution in [2.75, 3.05) is 19.6 Å². The molecule has 0 N–H and O–H groups in total. The van der Waals surface area contributed by atoms with Gasteiger partial charge in [-0.3, -0.25) is 4.99 Å². The van der Waals surface area contributed by atoms with Crippen LogP contribution in [-0.2, 0) is 16.8 Å². The van der Waals surface area contributed by atoms with Crippen LogP contribution in [0.2, 0.25) is 5.02 Å². The molecular formula is C25H25ClN2O2. The van der Waals surface area contributed by atoms with Gasteiger partial charge in [0.15, 0.2) is 0 Å². The molecule has 2 aliphatic rings. The molecule has 4 rings (SSSR count). The molecule has 0 aliphatic carbocycles. The lowest BCUT2D eigenvalue weighted by molar-refractivity contribution is 0.0992. The monoisotopic (exact) mass is 420 g/mol. The lowest BCUT2D eigenvalue weighted by Gasteiger charge is -2.30. The fraction of sp³-hybridized carbons (Fsp3) is 0.280. The van der Waals surface area contributed by atoms with E-state index >= 15 is 0 Å². The molecule has 4 nitrogen and oxygen atoms in total. The molecule has 0 radical (unpaired) electrons. The molecule has 0 bridgehead atoms. The Balaban J connectivity index is 1.33. The van der Waals surface area contributed by atoms with Crippen LogP contribution in [0.1, 0.15) is 24.5 Å². The number of aliphatic imine (C=N–C) groups is 1. The lowest BCUT2D eigenvalue weighted by Crippen LogP contribution is -2.36. The van der Waals surface area contributed by atoms with Crippen molar-refractivity contribution in [2.45, 2.75) is 25.4 Å². The molecule has 2 aliphatic heterocycles. The normalized spacial score (nSPS) is 21.1. The van der Waals surface area contributed by atoms with Gasteiger partial charge in [0.1, 0.15) is 6.61 Å². The zero-order valence-corrected chi connectivity index (χ0v) is 17.8. The topological polar surface area (TPSA) is 41.9 Å². The van der Waals surface area contributed by atoms with E-state index in [-0.39, 0.29) is 11.5 Å². The maximum absolute atomic E-state index is 12.3. The second kappa shape index (κ2) is 8.88. The molecule has 30 heavy (non-hydrogen) atoms. The van der Waals surface area contributed by atoms with Crippen LogP contribution in [0, 0.1) is 0 Å². The summed E-state index contributed by atoms with van der Waals surface area (Å²) >= 11 is 6.02. The van der Waals surface area contributed by atoms with Crippen LogP contribution in [-0.4, -0.2) is 36.3 Å².